The average Bonchev–Trinajstić information content (AvgIpc) is 2.30. The molecule has 0 aliphatic carbocycles. The van der Waals surface area contributed by atoms with Gasteiger partial charge in [-0.1, -0.05) is 0 Å². The highest BCUT2D eigenvalue weighted by Gasteiger charge is 2.10. The molecule has 0 saturated heterocycles. The van der Waals surface area contributed by atoms with Gasteiger partial charge in [-0.2, -0.15) is 5.10 Å². The van der Waals surface area contributed by atoms with E-state index in [4.69, 9.17) is 0 Å². The first-order valence-electron chi connectivity index (χ1n) is 3.37. The van der Waals surface area contributed by atoms with Crippen LogP contribution >= 0.6 is 0 Å². The van der Waals surface area contributed by atoms with Gasteiger partial charge in [-0.05, 0) is 12.5 Å². The molecule has 1 N–H and O–H groups in total. The monoisotopic (exact) mass is 153 g/mol. The standard InChI is InChI=1S/C7H11N3O/c1-5-4-9-10(3)6(5)7(11)8-2/h4H,1-3H3,(H,8,11). The zero-order chi connectivity index (χ0) is 8.43. The molecular formula is C7H11N3O. The van der Waals surface area contributed by atoms with Gasteiger partial charge in [0.05, 0.1) is 6.20 Å². The second-order valence-electron chi connectivity index (χ2n) is 2.38. The molecule has 4 heteroatoms. The number of aryl methyl sites for hydroxylation is 2. The van der Waals surface area contributed by atoms with Crippen LogP contribution < -0.4 is 5.32 Å². The molecule has 4 nitrogen and oxygen atoms in total. The maximum Gasteiger partial charge on any atom is 0.269 e. The fourth-order valence-corrected chi connectivity index (χ4v) is 0.992. The van der Waals surface area contributed by atoms with E-state index in [1.54, 1.807) is 25.0 Å². The number of hydrogen-bond donors (Lipinski definition) is 1. The van der Waals surface area contributed by atoms with E-state index in [2.05, 4.69) is 10.4 Å². The molecule has 0 aliphatic rings. The summed E-state index contributed by atoms with van der Waals surface area (Å²) in [6.45, 7) is 1.86. The molecule has 60 valence electrons. The number of nitrogens with one attached hydrogen (secondary N) is 1. The third-order valence-corrected chi connectivity index (χ3v) is 1.56. The zero-order valence-electron chi connectivity index (χ0n) is 6.88. The molecule has 0 unspecified atom stereocenters. The summed E-state index contributed by atoms with van der Waals surface area (Å²) in [6.07, 6.45) is 1.67. The zero-order valence-corrected chi connectivity index (χ0v) is 6.88. The van der Waals surface area contributed by atoms with E-state index >= 15 is 0 Å². The molecule has 0 fully saturated rings. The first-order valence-corrected chi connectivity index (χ1v) is 3.37. The average molecular weight is 153 g/mol. The van der Waals surface area contributed by atoms with Crippen molar-refractivity contribution < 1.29 is 4.79 Å². The van der Waals surface area contributed by atoms with Crippen molar-refractivity contribution in [3.05, 3.63) is 17.5 Å². The molecule has 0 atom stereocenters. The van der Waals surface area contributed by atoms with E-state index in [-0.39, 0.29) is 5.91 Å². The Morgan fingerprint density at radius 3 is 2.73 bits per heavy atom. The lowest BCUT2D eigenvalue weighted by Gasteiger charge is -2.00. The minimum atomic E-state index is -0.0949. The summed E-state index contributed by atoms with van der Waals surface area (Å²) >= 11 is 0. The van der Waals surface area contributed by atoms with Gasteiger partial charge in [0.2, 0.25) is 0 Å². The van der Waals surface area contributed by atoms with Gasteiger partial charge in [-0.25, -0.2) is 0 Å². The van der Waals surface area contributed by atoms with E-state index < -0.39 is 0 Å². The summed E-state index contributed by atoms with van der Waals surface area (Å²) in [5.74, 6) is -0.0949. The first kappa shape index (κ1) is 7.78. The van der Waals surface area contributed by atoms with Crippen LogP contribution in [0.25, 0.3) is 0 Å². The van der Waals surface area contributed by atoms with Gasteiger partial charge in [0, 0.05) is 14.1 Å². The van der Waals surface area contributed by atoms with Crippen molar-refractivity contribution in [2.45, 2.75) is 6.92 Å². The van der Waals surface area contributed by atoms with E-state index in [0.29, 0.717) is 5.69 Å². The van der Waals surface area contributed by atoms with Crippen LogP contribution in [0.2, 0.25) is 0 Å². The van der Waals surface area contributed by atoms with Crippen LogP contribution in [0.15, 0.2) is 6.20 Å². The summed E-state index contributed by atoms with van der Waals surface area (Å²) in [5, 5.41) is 6.49. The van der Waals surface area contributed by atoms with E-state index in [0.717, 1.165) is 5.56 Å². The number of carbonyl (C=O) groups is 1. The number of aromatic nitrogens is 2. The predicted molar refractivity (Wildman–Crippen MR) is 41.3 cm³/mol. The molecule has 0 aromatic carbocycles. The van der Waals surface area contributed by atoms with Crippen molar-refractivity contribution in [2.24, 2.45) is 7.05 Å². The van der Waals surface area contributed by atoms with Crippen LogP contribution in [0, 0.1) is 6.92 Å². The Kier molecular flexibility index (Phi) is 1.94. The highest BCUT2D eigenvalue weighted by molar-refractivity contribution is 5.93. The third-order valence-electron chi connectivity index (χ3n) is 1.56. The normalized spacial score (nSPS) is 9.73. The number of hydrogen-bond acceptors (Lipinski definition) is 2. The van der Waals surface area contributed by atoms with Gasteiger partial charge in [0.25, 0.3) is 5.91 Å². The Morgan fingerprint density at radius 2 is 2.36 bits per heavy atom. The largest absolute Gasteiger partial charge is 0.354 e. The Bertz CT molecular complexity index is 258. The lowest BCUT2D eigenvalue weighted by Crippen LogP contribution is -2.21. The van der Waals surface area contributed by atoms with Crippen molar-refractivity contribution >= 4 is 5.91 Å². The molecule has 1 aromatic rings. The molecule has 1 rings (SSSR count). The van der Waals surface area contributed by atoms with E-state index in [9.17, 15) is 4.79 Å². The molecule has 0 spiro atoms. The van der Waals surface area contributed by atoms with Gasteiger partial charge in [0.15, 0.2) is 0 Å². The molecular weight excluding hydrogens is 142 g/mol. The summed E-state index contributed by atoms with van der Waals surface area (Å²) in [7, 11) is 3.35. The first-order chi connectivity index (χ1) is 5.16. The maximum atomic E-state index is 11.1. The smallest absolute Gasteiger partial charge is 0.269 e. The van der Waals surface area contributed by atoms with Gasteiger partial charge >= 0.3 is 0 Å². The van der Waals surface area contributed by atoms with Crippen LogP contribution in [-0.4, -0.2) is 22.7 Å². The molecule has 11 heavy (non-hydrogen) atoms. The number of carbonyl (C=O) groups excluding carboxylic acids is 1. The van der Waals surface area contributed by atoms with Crippen molar-refractivity contribution in [3.8, 4) is 0 Å². The van der Waals surface area contributed by atoms with Crippen molar-refractivity contribution in [1.29, 1.82) is 0 Å². The molecule has 1 amide bonds. The Balaban J connectivity index is 3.10. The predicted octanol–water partition coefficient (Wildman–Crippen LogP) is 0.0881. The second-order valence-corrected chi connectivity index (χ2v) is 2.38. The summed E-state index contributed by atoms with van der Waals surface area (Å²) in [6, 6.07) is 0. The van der Waals surface area contributed by atoms with Crippen LogP contribution in [0.3, 0.4) is 0 Å². The van der Waals surface area contributed by atoms with Crippen LogP contribution in [0.5, 0.6) is 0 Å². The molecule has 0 saturated carbocycles. The topological polar surface area (TPSA) is 46.9 Å². The van der Waals surface area contributed by atoms with E-state index in [1.165, 1.54) is 0 Å². The highest BCUT2D eigenvalue weighted by atomic mass is 16.1. The minimum absolute atomic E-state index is 0.0949. The maximum absolute atomic E-state index is 11.1. The van der Waals surface area contributed by atoms with Gasteiger partial charge < -0.3 is 5.32 Å². The summed E-state index contributed by atoms with van der Waals surface area (Å²) < 4.78 is 1.56. The summed E-state index contributed by atoms with van der Waals surface area (Å²) in [4.78, 5) is 11.1. The highest BCUT2D eigenvalue weighted by Crippen LogP contribution is 2.03. The number of amides is 1. The van der Waals surface area contributed by atoms with E-state index in [1.807, 2.05) is 6.92 Å². The van der Waals surface area contributed by atoms with Crippen LogP contribution in [-0.2, 0) is 7.05 Å². The Morgan fingerprint density at radius 1 is 1.73 bits per heavy atom. The van der Waals surface area contributed by atoms with Crippen molar-refractivity contribution in [3.63, 3.8) is 0 Å². The number of nitrogens with zero attached hydrogens (tertiary/aromatic N) is 2. The lowest BCUT2D eigenvalue weighted by molar-refractivity contribution is 0.0953. The van der Waals surface area contributed by atoms with Gasteiger partial charge in [-0.15, -0.1) is 0 Å². The molecule has 1 aromatic heterocycles. The molecule has 0 aliphatic heterocycles. The summed E-state index contributed by atoms with van der Waals surface area (Å²) in [5.41, 5.74) is 1.51. The Hall–Kier alpha value is -1.32. The number of rotatable bonds is 1. The van der Waals surface area contributed by atoms with Crippen LogP contribution in [0.4, 0.5) is 0 Å². The van der Waals surface area contributed by atoms with Gasteiger partial charge in [0.1, 0.15) is 5.69 Å². The minimum Gasteiger partial charge on any atom is -0.354 e. The molecule has 1 heterocycles. The Labute approximate surface area is 65.2 Å². The van der Waals surface area contributed by atoms with Gasteiger partial charge in [-0.3, -0.25) is 9.48 Å². The second kappa shape index (κ2) is 2.74. The third kappa shape index (κ3) is 1.24. The quantitative estimate of drug-likeness (QED) is 0.621. The van der Waals surface area contributed by atoms with Crippen molar-refractivity contribution in [1.82, 2.24) is 15.1 Å². The fourth-order valence-electron chi connectivity index (χ4n) is 0.992. The molecule has 0 radical (unpaired) electrons. The SMILES string of the molecule is CNC(=O)c1c(C)cnn1C. The molecule has 0 bridgehead atoms. The van der Waals surface area contributed by atoms with Crippen LogP contribution in [0.1, 0.15) is 16.1 Å². The fraction of sp³-hybridized carbons (Fsp3) is 0.429. The lowest BCUT2D eigenvalue weighted by atomic mass is 10.2. The van der Waals surface area contributed by atoms with Crippen molar-refractivity contribution in [2.75, 3.05) is 7.05 Å².